The van der Waals surface area contributed by atoms with Gasteiger partial charge in [-0.25, -0.2) is 0 Å². The second-order valence-corrected chi connectivity index (χ2v) is 21.1. The molecule has 0 bridgehead atoms. The number of phenolic OH excluding ortho intramolecular Hbond substituents is 1. The number of unbranched alkanes of at least 4 members (excludes halogenated alkanes) is 6. The molecule has 80 heavy (non-hydrogen) atoms. The zero-order chi connectivity index (χ0) is 58.4. The number of rotatable bonds is 18. The molecule has 0 spiro atoms. The van der Waals surface area contributed by atoms with E-state index in [2.05, 4.69) is 26.6 Å². The van der Waals surface area contributed by atoms with E-state index >= 15 is 0 Å². The molecule has 24 heteroatoms. The standard InChI is InChI=1S/C56H77N7O17/c1-30-28-63-46(47(30)70)54(77)61-52(75)41(68)27-39(57-42(69)16-12-7-5-4-6-8-13-25-80-38-23-19-34(20-24-38)33-14-10-9-11-15-33)50(73)58-43(31(2)64)55(78)62-29-37(67)26-40(62)51(74)60-45(53(76)59-44(32(3)65)56(63)79)49(72)48(71)35-17-21-36(66)22-18-35/h9-11,14-15,17-24,30-32,37,39-41,43-49,52,64-68,70-72,75H,4-8,12-13,16,25-29H2,1-3H3,(H,57,69)(H,58,73)(H,59,76)(H,60,74)(H,61,77)/t30-,31+,32+,37+,39-,40-,41+,43-,44-,45-,46-,47-,48-,49-,52+/m0/s1. The summed E-state index contributed by atoms with van der Waals surface area (Å²) in [6, 6.07) is 11.3. The first kappa shape index (κ1) is 62.4. The summed E-state index contributed by atoms with van der Waals surface area (Å²) in [6.07, 6.45) is -11.1. The fourth-order valence-corrected chi connectivity index (χ4v) is 10.1. The van der Waals surface area contributed by atoms with Crippen molar-refractivity contribution in [1.82, 2.24) is 36.4 Å². The van der Waals surface area contributed by atoms with Gasteiger partial charge in [-0.2, -0.15) is 0 Å². The first-order chi connectivity index (χ1) is 38.1. The summed E-state index contributed by atoms with van der Waals surface area (Å²) in [6.45, 7) is 3.33. The number of carbonyl (C=O) groups is 7. The molecule has 0 aromatic heterocycles. The van der Waals surface area contributed by atoms with E-state index in [1.54, 1.807) is 0 Å². The molecule has 3 aliphatic rings. The minimum atomic E-state index is -2.28. The monoisotopic (exact) mass is 1120 g/mol. The molecule has 3 aliphatic heterocycles. The summed E-state index contributed by atoms with van der Waals surface area (Å²) >= 11 is 0. The van der Waals surface area contributed by atoms with Gasteiger partial charge in [0.1, 0.15) is 66.1 Å². The highest BCUT2D eigenvalue weighted by Gasteiger charge is 2.50. The summed E-state index contributed by atoms with van der Waals surface area (Å²) in [5.41, 5.74) is 2.15. The van der Waals surface area contributed by atoms with Crippen LogP contribution in [0.1, 0.15) is 96.6 Å². The van der Waals surface area contributed by atoms with E-state index in [9.17, 15) is 79.5 Å². The predicted molar refractivity (Wildman–Crippen MR) is 286 cm³/mol. The van der Waals surface area contributed by atoms with Crippen molar-refractivity contribution in [2.24, 2.45) is 5.92 Å². The highest BCUT2D eigenvalue weighted by Crippen LogP contribution is 2.28. The SMILES string of the molecule is C[C@@H](O)[C@@H]1NC(=O)[C@H]([C@H](O)[C@@H](O)c2ccc(O)cc2)NC(=O)[C@@H]2C[C@@H](O)CN2C(=O)[C@H]([C@@H](C)O)NC(=O)[C@@H](NC(=O)CCCCCCCCCOc2ccc(-c3ccccc3)cc2)C[C@@H](O)[C@@H](O)NC(=O)[C@@H]2[C@@H](O)[C@@H](C)CN2C1=O. The number of nitrogens with zero attached hydrogens (tertiary/aromatic N) is 2. The van der Waals surface area contributed by atoms with Crippen LogP contribution in [0, 0.1) is 5.92 Å². The smallest absolute Gasteiger partial charge is 0.248 e. The van der Waals surface area contributed by atoms with E-state index in [0.29, 0.717) is 19.4 Å². The van der Waals surface area contributed by atoms with Crippen LogP contribution in [0.3, 0.4) is 0 Å². The Morgan fingerprint density at radius 2 is 1.20 bits per heavy atom. The van der Waals surface area contributed by atoms with Crippen LogP contribution in [0.2, 0.25) is 0 Å². The number of amides is 7. The van der Waals surface area contributed by atoms with Gasteiger partial charge in [0.2, 0.25) is 41.4 Å². The highest BCUT2D eigenvalue weighted by molar-refractivity contribution is 5.98. The average Bonchev–Trinajstić information content (AvgIpc) is 3.98. The maximum Gasteiger partial charge on any atom is 0.248 e. The molecule has 0 aliphatic carbocycles. The molecule has 3 saturated heterocycles. The maximum absolute atomic E-state index is 14.4. The first-order valence-electron chi connectivity index (χ1n) is 27.2. The second-order valence-electron chi connectivity index (χ2n) is 21.1. The third-order valence-corrected chi connectivity index (χ3v) is 14.8. The Labute approximate surface area is 463 Å². The van der Waals surface area contributed by atoms with E-state index in [1.165, 1.54) is 19.1 Å². The maximum atomic E-state index is 14.4. The molecule has 3 aromatic carbocycles. The van der Waals surface area contributed by atoms with Crippen LogP contribution in [0.5, 0.6) is 11.5 Å². The molecule has 6 rings (SSSR count). The number of aliphatic hydroxyl groups is 8. The van der Waals surface area contributed by atoms with Crippen molar-refractivity contribution in [3.8, 4) is 22.6 Å². The van der Waals surface area contributed by atoms with Gasteiger partial charge in [0.05, 0.1) is 31.0 Å². The lowest BCUT2D eigenvalue weighted by molar-refractivity contribution is -0.148. The second kappa shape index (κ2) is 29.1. The lowest BCUT2D eigenvalue weighted by Gasteiger charge is -2.34. The van der Waals surface area contributed by atoms with E-state index in [0.717, 1.165) is 84.8 Å². The molecule has 0 radical (unpaired) electrons. The largest absolute Gasteiger partial charge is 0.508 e. The zero-order valence-corrected chi connectivity index (χ0v) is 45.0. The minimum Gasteiger partial charge on any atom is -0.508 e. The molecular formula is C56H77N7O17. The van der Waals surface area contributed by atoms with Crippen molar-refractivity contribution in [2.75, 3.05) is 19.7 Å². The fourth-order valence-electron chi connectivity index (χ4n) is 10.1. The number of hydrogen-bond acceptors (Lipinski definition) is 17. The topological polar surface area (TPSA) is 377 Å². The number of ether oxygens (including phenoxy) is 1. The van der Waals surface area contributed by atoms with Crippen molar-refractivity contribution < 1.29 is 84.3 Å². The van der Waals surface area contributed by atoms with Crippen LogP contribution in [0.4, 0.5) is 0 Å². The van der Waals surface area contributed by atoms with Gasteiger partial charge >= 0.3 is 0 Å². The number of aliphatic hydroxyl groups excluding tert-OH is 8. The van der Waals surface area contributed by atoms with Crippen molar-refractivity contribution in [3.63, 3.8) is 0 Å². The quantitative estimate of drug-likeness (QED) is 0.0660. The van der Waals surface area contributed by atoms with Crippen LogP contribution in [-0.2, 0) is 33.6 Å². The number of nitrogens with one attached hydrogen (secondary N) is 5. The summed E-state index contributed by atoms with van der Waals surface area (Å²) in [7, 11) is 0. The number of aromatic hydroxyl groups is 1. The highest BCUT2D eigenvalue weighted by atomic mass is 16.5. The van der Waals surface area contributed by atoms with Crippen LogP contribution in [-0.4, -0.2) is 196 Å². The molecule has 15 atom stereocenters. The molecule has 7 amide bonds. The van der Waals surface area contributed by atoms with Crippen molar-refractivity contribution in [3.05, 3.63) is 84.4 Å². The van der Waals surface area contributed by atoms with Gasteiger partial charge in [-0.15, -0.1) is 0 Å². The Balaban J connectivity index is 1.16. The normalized spacial score (nSPS) is 28.0. The lowest BCUT2D eigenvalue weighted by Crippen LogP contribution is -2.64. The van der Waals surface area contributed by atoms with Gasteiger partial charge in [0, 0.05) is 38.3 Å². The van der Waals surface area contributed by atoms with Crippen LogP contribution < -0.4 is 31.3 Å². The Bertz CT molecular complexity index is 2560. The van der Waals surface area contributed by atoms with E-state index in [-0.39, 0.29) is 24.3 Å². The summed E-state index contributed by atoms with van der Waals surface area (Å²) in [5, 5.41) is 111. The Morgan fingerprint density at radius 1 is 0.637 bits per heavy atom. The lowest BCUT2D eigenvalue weighted by atomic mass is 9.96. The predicted octanol–water partition coefficient (Wildman–Crippen LogP) is -1.28. The average molecular weight is 1120 g/mol. The number of benzene rings is 3. The summed E-state index contributed by atoms with van der Waals surface area (Å²) in [5.74, 6) is -8.26. The van der Waals surface area contributed by atoms with Crippen LogP contribution >= 0.6 is 0 Å². The third-order valence-electron chi connectivity index (χ3n) is 14.8. The molecule has 3 aromatic rings. The molecule has 3 heterocycles. The molecular weight excluding hydrogens is 1040 g/mol. The molecule has 0 saturated carbocycles. The molecule has 438 valence electrons. The first-order valence-corrected chi connectivity index (χ1v) is 27.2. The van der Waals surface area contributed by atoms with Crippen molar-refractivity contribution in [2.45, 2.75) is 170 Å². The van der Waals surface area contributed by atoms with Crippen molar-refractivity contribution in [1.29, 1.82) is 0 Å². The van der Waals surface area contributed by atoms with Gasteiger partial charge in [-0.05, 0) is 67.6 Å². The van der Waals surface area contributed by atoms with Gasteiger partial charge in [-0.1, -0.05) is 93.6 Å². The van der Waals surface area contributed by atoms with Gasteiger partial charge < -0.3 is 87.1 Å². The summed E-state index contributed by atoms with van der Waals surface area (Å²) < 4.78 is 5.92. The minimum absolute atomic E-state index is 0.0657. The summed E-state index contributed by atoms with van der Waals surface area (Å²) in [4.78, 5) is 100. The van der Waals surface area contributed by atoms with Crippen LogP contribution in [0.15, 0.2) is 78.9 Å². The van der Waals surface area contributed by atoms with E-state index in [1.807, 2.05) is 54.6 Å². The Kier molecular flexibility index (Phi) is 22.7. The molecule has 14 N–H and O–H groups in total. The van der Waals surface area contributed by atoms with Crippen molar-refractivity contribution >= 4 is 41.4 Å². The molecule has 24 nitrogen and oxygen atoms in total. The third kappa shape index (κ3) is 16.4. The Morgan fingerprint density at radius 3 is 1.82 bits per heavy atom. The number of hydrogen-bond donors (Lipinski definition) is 14. The number of phenols is 1. The van der Waals surface area contributed by atoms with E-state index < -0.39 is 152 Å². The zero-order valence-electron chi connectivity index (χ0n) is 45.0. The van der Waals surface area contributed by atoms with Gasteiger partial charge in [0.25, 0.3) is 0 Å². The number of carbonyl (C=O) groups excluding carboxylic acids is 7. The van der Waals surface area contributed by atoms with E-state index in [4.69, 9.17) is 4.74 Å². The number of fused-ring (bicyclic) bond motifs is 2. The Hall–Kier alpha value is -6.77. The van der Waals surface area contributed by atoms with Gasteiger partial charge in [-0.3, -0.25) is 33.6 Å². The molecule has 0 unspecified atom stereocenters. The van der Waals surface area contributed by atoms with Gasteiger partial charge in [0.15, 0.2) is 6.23 Å². The fraction of sp³-hybridized carbons (Fsp3) is 0.554. The van der Waals surface area contributed by atoms with Crippen LogP contribution in [0.25, 0.3) is 11.1 Å². The molecule has 3 fully saturated rings.